The first-order chi connectivity index (χ1) is 11.7. The van der Waals surface area contributed by atoms with Gasteiger partial charge in [0, 0.05) is 31.7 Å². The quantitative estimate of drug-likeness (QED) is 0.876. The number of rotatable bonds is 6. The second-order valence-corrected chi connectivity index (χ2v) is 6.32. The molecule has 0 bridgehead atoms. The Balaban J connectivity index is 1.71. The smallest absolute Gasteiger partial charge is 0.257 e. The summed E-state index contributed by atoms with van der Waals surface area (Å²) in [4.78, 5) is 9.26. The molecular weight excluding hydrogens is 302 g/mol. The van der Waals surface area contributed by atoms with Gasteiger partial charge in [0.15, 0.2) is 5.82 Å². The van der Waals surface area contributed by atoms with Crippen molar-refractivity contribution >= 4 is 0 Å². The van der Waals surface area contributed by atoms with Crippen molar-refractivity contribution in [3.05, 3.63) is 35.7 Å². The van der Waals surface area contributed by atoms with Gasteiger partial charge in [-0.3, -0.25) is 9.80 Å². The standard InChI is InChI=1S/C18H27N5O/c1-4-23(5-2)13-14-6-8-15(9-7-14)18-20-17(21-24-18)16-12-19-10-11-22(16)3/h6-9,16,19H,4-5,10-13H2,1-3H3. The van der Waals surface area contributed by atoms with Gasteiger partial charge in [-0.2, -0.15) is 4.98 Å². The number of benzene rings is 1. The van der Waals surface area contributed by atoms with E-state index in [1.165, 1.54) is 5.56 Å². The van der Waals surface area contributed by atoms with E-state index in [9.17, 15) is 0 Å². The molecule has 0 amide bonds. The second-order valence-electron chi connectivity index (χ2n) is 6.32. The van der Waals surface area contributed by atoms with Crippen molar-refractivity contribution in [2.24, 2.45) is 0 Å². The molecule has 1 fully saturated rings. The van der Waals surface area contributed by atoms with E-state index in [-0.39, 0.29) is 6.04 Å². The summed E-state index contributed by atoms with van der Waals surface area (Å²) in [5.74, 6) is 1.35. The van der Waals surface area contributed by atoms with Gasteiger partial charge in [0.2, 0.25) is 0 Å². The van der Waals surface area contributed by atoms with Gasteiger partial charge in [-0.25, -0.2) is 0 Å². The summed E-state index contributed by atoms with van der Waals surface area (Å²) in [5, 5.41) is 7.57. The Morgan fingerprint density at radius 2 is 2.00 bits per heavy atom. The molecule has 6 heteroatoms. The maximum Gasteiger partial charge on any atom is 0.257 e. The van der Waals surface area contributed by atoms with Crippen LogP contribution in [0.15, 0.2) is 28.8 Å². The molecule has 1 unspecified atom stereocenters. The summed E-state index contributed by atoms with van der Waals surface area (Å²) in [6.07, 6.45) is 0. The largest absolute Gasteiger partial charge is 0.334 e. The minimum atomic E-state index is 0.179. The van der Waals surface area contributed by atoms with Crippen LogP contribution in [-0.2, 0) is 6.54 Å². The molecule has 24 heavy (non-hydrogen) atoms. The molecule has 1 aliphatic rings. The average Bonchev–Trinajstić information content (AvgIpc) is 3.10. The molecule has 0 aliphatic carbocycles. The van der Waals surface area contributed by atoms with Crippen LogP contribution >= 0.6 is 0 Å². The van der Waals surface area contributed by atoms with Crippen LogP contribution in [0.5, 0.6) is 0 Å². The summed E-state index contributed by atoms with van der Waals surface area (Å²) < 4.78 is 5.49. The van der Waals surface area contributed by atoms with E-state index >= 15 is 0 Å². The van der Waals surface area contributed by atoms with E-state index in [4.69, 9.17) is 4.52 Å². The van der Waals surface area contributed by atoms with E-state index in [0.717, 1.165) is 50.7 Å². The Morgan fingerprint density at radius 1 is 1.25 bits per heavy atom. The van der Waals surface area contributed by atoms with Gasteiger partial charge in [0.25, 0.3) is 5.89 Å². The molecule has 1 aromatic heterocycles. The summed E-state index contributed by atoms with van der Waals surface area (Å²) in [5.41, 5.74) is 2.28. The van der Waals surface area contributed by atoms with Gasteiger partial charge in [-0.15, -0.1) is 0 Å². The van der Waals surface area contributed by atoms with E-state index in [2.05, 4.69) is 70.4 Å². The molecule has 1 saturated heterocycles. The predicted molar refractivity (Wildman–Crippen MR) is 94.6 cm³/mol. The molecule has 3 rings (SSSR count). The van der Waals surface area contributed by atoms with Gasteiger partial charge < -0.3 is 9.84 Å². The number of nitrogens with zero attached hydrogens (tertiary/aromatic N) is 4. The highest BCUT2D eigenvalue weighted by molar-refractivity contribution is 5.53. The van der Waals surface area contributed by atoms with E-state index in [0.29, 0.717) is 5.89 Å². The Morgan fingerprint density at radius 3 is 2.67 bits per heavy atom. The highest BCUT2D eigenvalue weighted by atomic mass is 16.5. The van der Waals surface area contributed by atoms with E-state index in [1.807, 2.05) is 0 Å². The molecule has 1 N–H and O–H groups in total. The molecule has 0 saturated carbocycles. The van der Waals surface area contributed by atoms with E-state index in [1.54, 1.807) is 0 Å². The van der Waals surface area contributed by atoms with Crippen molar-refractivity contribution in [1.82, 2.24) is 25.3 Å². The molecule has 1 aliphatic heterocycles. The third-order valence-corrected chi connectivity index (χ3v) is 4.75. The Bertz CT molecular complexity index is 635. The third kappa shape index (κ3) is 3.83. The number of hydrogen-bond donors (Lipinski definition) is 1. The molecule has 2 heterocycles. The maximum absolute atomic E-state index is 5.49. The van der Waals surface area contributed by atoms with Crippen LogP contribution in [0.4, 0.5) is 0 Å². The summed E-state index contributed by atoms with van der Waals surface area (Å²) in [6.45, 7) is 10.3. The molecule has 1 aromatic carbocycles. The van der Waals surface area contributed by atoms with Crippen LogP contribution in [0.25, 0.3) is 11.5 Å². The zero-order valence-electron chi connectivity index (χ0n) is 14.8. The molecule has 1 atom stereocenters. The van der Waals surface area contributed by atoms with Crippen molar-refractivity contribution in [2.45, 2.75) is 26.4 Å². The topological polar surface area (TPSA) is 57.4 Å². The summed E-state index contributed by atoms with van der Waals surface area (Å²) in [6, 6.07) is 8.61. The van der Waals surface area contributed by atoms with Crippen LogP contribution < -0.4 is 5.32 Å². The molecule has 2 aromatic rings. The average molecular weight is 329 g/mol. The van der Waals surface area contributed by atoms with Crippen LogP contribution in [-0.4, -0.2) is 59.7 Å². The van der Waals surface area contributed by atoms with Crippen molar-refractivity contribution in [3.63, 3.8) is 0 Å². The Hall–Kier alpha value is -1.76. The number of aromatic nitrogens is 2. The van der Waals surface area contributed by atoms with Crippen molar-refractivity contribution < 1.29 is 4.52 Å². The molecule has 130 valence electrons. The normalized spacial score (nSPS) is 19.1. The zero-order chi connectivity index (χ0) is 16.9. The lowest BCUT2D eigenvalue weighted by Crippen LogP contribution is -2.44. The van der Waals surface area contributed by atoms with Gasteiger partial charge in [-0.05, 0) is 37.8 Å². The van der Waals surface area contributed by atoms with Crippen LogP contribution in [0.3, 0.4) is 0 Å². The molecule has 0 radical (unpaired) electrons. The SMILES string of the molecule is CCN(CC)Cc1ccc(-c2nc(C3CNCCN3C)no2)cc1. The first-order valence-corrected chi connectivity index (χ1v) is 8.77. The number of likely N-dealkylation sites (N-methyl/N-ethyl adjacent to an activating group) is 1. The fourth-order valence-electron chi connectivity index (χ4n) is 3.04. The fourth-order valence-corrected chi connectivity index (χ4v) is 3.04. The first kappa shape index (κ1) is 17.1. The van der Waals surface area contributed by atoms with Crippen LogP contribution in [0.1, 0.15) is 31.3 Å². The monoisotopic (exact) mass is 329 g/mol. The van der Waals surface area contributed by atoms with Gasteiger partial charge >= 0.3 is 0 Å². The maximum atomic E-state index is 5.49. The Kier molecular flexibility index (Phi) is 5.60. The number of hydrogen-bond acceptors (Lipinski definition) is 6. The van der Waals surface area contributed by atoms with Crippen molar-refractivity contribution in [1.29, 1.82) is 0 Å². The highest BCUT2D eigenvalue weighted by Gasteiger charge is 2.25. The lowest BCUT2D eigenvalue weighted by atomic mass is 10.1. The minimum Gasteiger partial charge on any atom is -0.334 e. The van der Waals surface area contributed by atoms with Gasteiger partial charge in [0.05, 0.1) is 6.04 Å². The van der Waals surface area contributed by atoms with Crippen LogP contribution in [0, 0.1) is 0 Å². The highest BCUT2D eigenvalue weighted by Crippen LogP contribution is 2.23. The van der Waals surface area contributed by atoms with Crippen molar-refractivity contribution in [2.75, 3.05) is 39.8 Å². The van der Waals surface area contributed by atoms with Crippen molar-refractivity contribution in [3.8, 4) is 11.5 Å². The van der Waals surface area contributed by atoms with Crippen LogP contribution in [0.2, 0.25) is 0 Å². The Labute approximate surface area is 143 Å². The summed E-state index contributed by atoms with van der Waals surface area (Å²) >= 11 is 0. The summed E-state index contributed by atoms with van der Waals surface area (Å²) in [7, 11) is 2.10. The lowest BCUT2D eigenvalue weighted by molar-refractivity contribution is 0.190. The number of piperazine rings is 1. The van der Waals surface area contributed by atoms with Gasteiger partial charge in [-0.1, -0.05) is 31.1 Å². The molecule has 0 spiro atoms. The van der Waals surface area contributed by atoms with Gasteiger partial charge in [0.1, 0.15) is 0 Å². The van der Waals surface area contributed by atoms with E-state index < -0.39 is 0 Å². The fraction of sp³-hybridized carbons (Fsp3) is 0.556. The molecular formula is C18H27N5O. The zero-order valence-corrected chi connectivity index (χ0v) is 14.8. The molecule has 6 nitrogen and oxygen atoms in total. The predicted octanol–water partition coefficient (Wildman–Crippen LogP) is 2.15. The number of nitrogens with one attached hydrogen (secondary N) is 1. The third-order valence-electron chi connectivity index (χ3n) is 4.75. The lowest BCUT2D eigenvalue weighted by Gasteiger charge is -2.30. The minimum absolute atomic E-state index is 0.179. The first-order valence-electron chi connectivity index (χ1n) is 8.77. The second kappa shape index (κ2) is 7.88.